The fraction of sp³-hybridized carbons (Fsp3) is 0.467. The number of carbonyl (C=O) groups excluding carboxylic acids is 2. The molecule has 252 valence electrons. The normalized spacial score (nSPS) is 21.5. The van der Waals surface area contributed by atoms with Crippen LogP contribution in [-0.2, 0) is 17.5 Å². The minimum absolute atomic E-state index is 0.0101. The maximum absolute atomic E-state index is 15.0. The van der Waals surface area contributed by atoms with Crippen LogP contribution >= 0.6 is 23.1 Å². The first-order chi connectivity index (χ1) is 21.9. The number of alkyl halides is 6. The molecule has 2 N–H and O–H groups in total. The van der Waals surface area contributed by atoms with Gasteiger partial charge in [-0.1, -0.05) is 6.58 Å². The Kier molecular flexibility index (Phi) is 8.19. The highest BCUT2D eigenvalue weighted by Gasteiger charge is 2.49. The molecule has 0 saturated carbocycles. The van der Waals surface area contributed by atoms with Gasteiger partial charge in [0, 0.05) is 82.1 Å². The number of nitrogens with zero attached hydrogens (tertiary/aromatic N) is 5. The van der Waals surface area contributed by atoms with Gasteiger partial charge in [-0.2, -0.15) is 31.3 Å². The van der Waals surface area contributed by atoms with Crippen molar-refractivity contribution in [3.05, 3.63) is 51.8 Å². The average molecular weight is 701 g/mol. The van der Waals surface area contributed by atoms with Crippen molar-refractivity contribution in [1.82, 2.24) is 19.4 Å². The number of likely N-dealkylation sites (tertiary alicyclic amines) is 1. The summed E-state index contributed by atoms with van der Waals surface area (Å²) in [5.41, 5.74) is 2.80. The number of hydrogen-bond acceptors (Lipinski definition) is 8. The minimum atomic E-state index is -4.88. The topological polar surface area (TPSA) is 105 Å². The number of anilines is 1. The molecule has 2 amide bonds. The molecular formula is C30H30F6N6O3S2. The highest BCUT2D eigenvalue weighted by molar-refractivity contribution is 7.99. The van der Waals surface area contributed by atoms with Crippen LogP contribution in [0.3, 0.4) is 0 Å². The van der Waals surface area contributed by atoms with E-state index in [1.54, 1.807) is 23.6 Å². The van der Waals surface area contributed by atoms with E-state index >= 15 is 0 Å². The van der Waals surface area contributed by atoms with Crippen LogP contribution in [0.2, 0.25) is 0 Å². The summed E-state index contributed by atoms with van der Waals surface area (Å²) < 4.78 is 85.8. The van der Waals surface area contributed by atoms with Crippen LogP contribution < -0.4 is 16.3 Å². The molecular weight excluding hydrogens is 670 g/mol. The highest BCUT2D eigenvalue weighted by Crippen LogP contribution is 2.52. The summed E-state index contributed by atoms with van der Waals surface area (Å²) in [5.74, 6) is -0.953. The fourth-order valence-corrected chi connectivity index (χ4v) is 9.56. The first-order valence-corrected chi connectivity index (χ1v) is 16.5. The predicted octanol–water partition coefficient (Wildman–Crippen LogP) is 4.82. The Morgan fingerprint density at radius 1 is 1.11 bits per heavy atom. The molecule has 2 saturated heterocycles. The van der Waals surface area contributed by atoms with Crippen molar-refractivity contribution in [3.63, 3.8) is 0 Å². The Labute approximate surface area is 273 Å². The zero-order valence-electron chi connectivity index (χ0n) is 25.2. The van der Waals surface area contributed by atoms with E-state index in [1.807, 2.05) is 0 Å². The van der Waals surface area contributed by atoms with Gasteiger partial charge in [0.2, 0.25) is 11.8 Å². The minimum Gasteiger partial charge on any atom is -0.366 e. The number of aromatic nitrogens is 2. The lowest BCUT2D eigenvalue weighted by Crippen LogP contribution is -2.61. The molecule has 17 heteroatoms. The van der Waals surface area contributed by atoms with Gasteiger partial charge in [0.25, 0.3) is 0 Å². The van der Waals surface area contributed by atoms with Crippen molar-refractivity contribution < 1.29 is 35.9 Å². The first-order valence-electron chi connectivity index (χ1n) is 14.6. The lowest BCUT2D eigenvalue weighted by atomic mass is 9.81. The van der Waals surface area contributed by atoms with Gasteiger partial charge in [-0.25, -0.2) is 4.79 Å². The van der Waals surface area contributed by atoms with Gasteiger partial charge in [-0.05, 0) is 32.1 Å². The third-order valence-corrected chi connectivity index (χ3v) is 11.2. The molecule has 0 bridgehead atoms. The zero-order valence-corrected chi connectivity index (χ0v) is 26.9. The zero-order chi connectivity index (χ0) is 34.2. The van der Waals surface area contributed by atoms with Gasteiger partial charge in [-0.3, -0.25) is 19.1 Å². The number of thiophene rings is 1. The molecule has 3 aliphatic heterocycles. The van der Waals surface area contributed by atoms with Crippen molar-refractivity contribution >= 4 is 51.6 Å². The molecule has 2 fully saturated rings. The van der Waals surface area contributed by atoms with Gasteiger partial charge < -0.3 is 15.5 Å². The second-order valence-electron chi connectivity index (χ2n) is 12.5. The molecule has 47 heavy (non-hydrogen) atoms. The fourth-order valence-electron chi connectivity index (χ4n) is 7.09. The Bertz CT molecular complexity index is 1840. The Morgan fingerprint density at radius 2 is 1.77 bits per heavy atom. The van der Waals surface area contributed by atoms with E-state index in [0.717, 1.165) is 29.2 Å². The standard InChI is InChI=1S/C30H30F6N6O3S2/c1-4-21(43)42-15(2)7-40(8-16(42)3)26-18-6-19(30(34,35)36)22(20-5-17(9-46-20)25(37)44)24-23(18)41(27(45)38-26)12-28(14-47-24)10-39(11-28)13-29(31,32)33/h4-6,9,15-16H,1,7-8,10-14H2,2-3H3,(H2,37,44)/t15-,16+. The smallest absolute Gasteiger partial charge is 0.366 e. The van der Waals surface area contributed by atoms with Crippen molar-refractivity contribution in [2.45, 2.75) is 49.7 Å². The summed E-state index contributed by atoms with van der Waals surface area (Å²) in [7, 11) is 0. The quantitative estimate of drug-likeness (QED) is 0.301. The summed E-state index contributed by atoms with van der Waals surface area (Å²) in [6.07, 6.45) is -8.13. The van der Waals surface area contributed by atoms with Crippen molar-refractivity contribution in [1.29, 1.82) is 0 Å². The highest BCUT2D eigenvalue weighted by atomic mass is 32.2. The average Bonchev–Trinajstić information content (AvgIpc) is 3.37. The Balaban J connectivity index is 1.57. The molecule has 5 heterocycles. The molecule has 0 unspecified atom stereocenters. The monoisotopic (exact) mass is 700 g/mol. The summed E-state index contributed by atoms with van der Waals surface area (Å²) >= 11 is 1.96. The molecule has 2 aromatic heterocycles. The molecule has 0 radical (unpaired) electrons. The summed E-state index contributed by atoms with van der Waals surface area (Å²) in [6.45, 7) is 6.25. The van der Waals surface area contributed by atoms with E-state index in [9.17, 15) is 40.7 Å². The number of amides is 2. The van der Waals surface area contributed by atoms with Gasteiger partial charge in [0.1, 0.15) is 5.82 Å². The predicted molar refractivity (Wildman–Crippen MR) is 167 cm³/mol. The van der Waals surface area contributed by atoms with Crippen LogP contribution in [-0.4, -0.2) is 87.9 Å². The molecule has 3 aromatic rings. The Morgan fingerprint density at radius 3 is 2.32 bits per heavy atom. The summed E-state index contributed by atoms with van der Waals surface area (Å²) in [4.78, 5) is 47.4. The van der Waals surface area contributed by atoms with Gasteiger partial charge >= 0.3 is 18.0 Å². The van der Waals surface area contributed by atoms with Crippen LogP contribution in [0.4, 0.5) is 32.2 Å². The number of hydrogen-bond donors (Lipinski definition) is 1. The lowest BCUT2D eigenvalue weighted by molar-refractivity contribution is -0.168. The second kappa shape index (κ2) is 11.5. The van der Waals surface area contributed by atoms with Crippen LogP contribution in [0, 0.1) is 5.41 Å². The molecule has 2 atom stereocenters. The number of benzene rings is 1. The molecule has 1 aromatic carbocycles. The second-order valence-corrected chi connectivity index (χ2v) is 14.4. The number of nitrogens with two attached hydrogens (primary N) is 1. The number of piperazine rings is 1. The number of halogens is 6. The number of carbonyl (C=O) groups is 2. The van der Waals surface area contributed by atoms with E-state index in [4.69, 9.17) is 5.73 Å². The summed E-state index contributed by atoms with van der Waals surface area (Å²) in [5, 5.41) is 1.41. The van der Waals surface area contributed by atoms with E-state index in [1.165, 1.54) is 27.0 Å². The number of rotatable bonds is 5. The van der Waals surface area contributed by atoms with E-state index in [0.29, 0.717) is 0 Å². The molecule has 1 spiro atoms. The SMILES string of the molecule is C=CC(=O)N1[C@H](C)CN(c2nc(=O)n3c4c(c(-c5cc(C(N)=O)cs5)c(C(F)(F)F)cc24)SCC2(CN(CC(F)(F)F)C2)C3)C[C@@H]1C. The van der Waals surface area contributed by atoms with Crippen LogP contribution in [0.1, 0.15) is 29.8 Å². The van der Waals surface area contributed by atoms with Crippen molar-refractivity contribution in [3.8, 4) is 10.4 Å². The van der Waals surface area contributed by atoms with E-state index in [2.05, 4.69) is 11.6 Å². The first kappa shape index (κ1) is 33.3. The van der Waals surface area contributed by atoms with Gasteiger partial charge in [0.15, 0.2) is 0 Å². The van der Waals surface area contributed by atoms with Crippen LogP contribution in [0.5, 0.6) is 0 Å². The number of primary amides is 1. The van der Waals surface area contributed by atoms with E-state index < -0.39 is 53.6 Å². The van der Waals surface area contributed by atoms with Crippen molar-refractivity contribution in [2.75, 3.05) is 43.4 Å². The third-order valence-electron chi connectivity index (χ3n) is 8.82. The maximum atomic E-state index is 15.0. The molecule has 3 aliphatic rings. The van der Waals surface area contributed by atoms with Crippen LogP contribution in [0.25, 0.3) is 21.3 Å². The lowest BCUT2D eigenvalue weighted by Gasteiger charge is -2.50. The van der Waals surface area contributed by atoms with Crippen molar-refractivity contribution in [2.24, 2.45) is 11.1 Å². The van der Waals surface area contributed by atoms with Gasteiger partial charge in [0.05, 0.1) is 23.2 Å². The largest absolute Gasteiger partial charge is 0.417 e. The summed E-state index contributed by atoms with van der Waals surface area (Å²) in [6, 6.07) is 1.44. The molecule has 9 nitrogen and oxygen atoms in total. The third kappa shape index (κ3) is 6.01. The maximum Gasteiger partial charge on any atom is 0.417 e. The van der Waals surface area contributed by atoms with E-state index in [-0.39, 0.29) is 82.0 Å². The van der Waals surface area contributed by atoms with Gasteiger partial charge in [-0.15, -0.1) is 23.1 Å². The molecule has 0 aliphatic carbocycles. The van der Waals surface area contributed by atoms with Crippen LogP contribution in [0.15, 0.2) is 39.9 Å². The number of thioether (sulfide) groups is 1. The Hall–Kier alpha value is -3.57. The molecule has 6 rings (SSSR count).